The number of hydrogen-bond acceptors (Lipinski definition) is 3. The summed E-state index contributed by atoms with van der Waals surface area (Å²) in [5.41, 5.74) is 0.989. The number of thioether (sulfide) groups is 1. The smallest absolute Gasteiger partial charge is 0.354 e. The van der Waals surface area contributed by atoms with Crippen molar-refractivity contribution < 1.29 is 14.7 Å². The minimum atomic E-state index is -1.09. The van der Waals surface area contributed by atoms with Gasteiger partial charge < -0.3 is 20.7 Å². The molecule has 1 atom stereocenters. The number of H-pyrrole nitrogens is 1. The first-order valence-electron chi connectivity index (χ1n) is 6.15. The molecule has 0 spiro atoms. The maximum atomic E-state index is 11.7. The molecule has 1 saturated heterocycles. The highest BCUT2D eigenvalue weighted by Gasteiger charge is 2.18. The van der Waals surface area contributed by atoms with Crippen LogP contribution >= 0.6 is 11.8 Å². The molecule has 1 aliphatic rings. The van der Waals surface area contributed by atoms with Gasteiger partial charge in [-0.3, -0.25) is 0 Å². The molecule has 1 aromatic heterocycles. The Bertz CT molecular complexity index is 481. The number of aromatic amines is 1. The summed E-state index contributed by atoms with van der Waals surface area (Å²) in [7, 11) is 0. The van der Waals surface area contributed by atoms with Crippen LogP contribution in [0.1, 0.15) is 29.0 Å². The van der Waals surface area contributed by atoms with E-state index in [1.54, 1.807) is 13.0 Å². The minimum Gasteiger partial charge on any atom is -0.477 e. The van der Waals surface area contributed by atoms with Gasteiger partial charge in [-0.1, -0.05) is 0 Å². The third-order valence-electron chi connectivity index (χ3n) is 2.93. The lowest BCUT2D eigenvalue weighted by Crippen LogP contribution is -2.33. The number of carbonyl (C=O) groups excluding carboxylic acids is 1. The predicted octanol–water partition coefficient (Wildman–Crippen LogP) is 2.04. The highest BCUT2D eigenvalue weighted by molar-refractivity contribution is 8.00. The summed E-state index contributed by atoms with van der Waals surface area (Å²) < 4.78 is 0. The van der Waals surface area contributed by atoms with Crippen molar-refractivity contribution in [1.29, 1.82) is 0 Å². The average molecular weight is 283 g/mol. The molecule has 1 aliphatic heterocycles. The molecule has 2 rings (SSSR count). The second-order valence-electron chi connectivity index (χ2n) is 4.52. The van der Waals surface area contributed by atoms with Crippen molar-refractivity contribution in [3.63, 3.8) is 0 Å². The van der Waals surface area contributed by atoms with Crippen LogP contribution in [0.25, 0.3) is 0 Å². The Labute approximate surface area is 115 Å². The molecule has 0 aromatic carbocycles. The van der Waals surface area contributed by atoms with Gasteiger partial charge in [0.2, 0.25) is 0 Å². The van der Waals surface area contributed by atoms with Crippen LogP contribution in [0, 0.1) is 6.92 Å². The number of aromatic carboxylic acids is 1. The number of hydrogen-bond donors (Lipinski definition) is 4. The van der Waals surface area contributed by atoms with Crippen LogP contribution < -0.4 is 10.6 Å². The van der Waals surface area contributed by atoms with E-state index in [9.17, 15) is 9.59 Å². The first kappa shape index (κ1) is 13.8. The maximum absolute atomic E-state index is 11.7. The Morgan fingerprint density at radius 2 is 2.37 bits per heavy atom. The van der Waals surface area contributed by atoms with E-state index in [4.69, 9.17) is 5.11 Å². The molecule has 104 valence electrons. The van der Waals surface area contributed by atoms with Crippen molar-refractivity contribution in [2.24, 2.45) is 0 Å². The van der Waals surface area contributed by atoms with E-state index >= 15 is 0 Å². The molecular formula is C12H17N3O3S. The molecule has 0 radical (unpaired) electrons. The van der Waals surface area contributed by atoms with Gasteiger partial charge in [-0.2, -0.15) is 11.8 Å². The van der Waals surface area contributed by atoms with Crippen molar-refractivity contribution in [2.75, 3.05) is 17.6 Å². The van der Waals surface area contributed by atoms with Gasteiger partial charge in [0.15, 0.2) is 0 Å². The van der Waals surface area contributed by atoms with E-state index < -0.39 is 5.97 Å². The number of urea groups is 1. The summed E-state index contributed by atoms with van der Waals surface area (Å²) in [6.45, 7) is 2.35. The van der Waals surface area contributed by atoms with Crippen LogP contribution in [-0.4, -0.2) is 39.6 Å². The number of aromatic nitrogens is 1. The second kappa shape index (κ2) is 6.01. The number of carboxylic acids is 1. The Balaban J connectivity index is 1.89. The van der Waals surface area contributed by atoms with E-state index in [-0.39, 0.29) is 11.7 Å². The monoisotopic (exact) mass is 283 g/mol. The van der Waals surface area contributed by atoms with Gasteiger partial charge >= 0.3 is 12.0 Å². The summed E-state index contributed by atoms with van der Waals surface area (Å²) in [6, 6.07) is 1.24. The molecule has 0 saturated carbocycles. The molecular weight excluding hydrogens is 266 g/mol. The van der Waals surface area contributed by atoms with Gasteiger partial charge in [-0.25, -0.2) is 9.59 Å². The van der Waals surface area contributed by atoms with Crippen LogP contribution in [0.2, 0.25) is 0 Å². The molecule has 2 amide bonds. The number of carboxylic acid groups (broad SMARTS) is 1. The van der Waals surface area contributed by atoms with Crippen LogP contribution in [0.5, 0.6) is 0 Å². The number of rotatable bonds is 4. The molecule has 0 bridgehead atoms. The summed E-state index contributed by atoms with van der Waals surface area (Å²) in [5.74, 6) is 0.0588. The van der Waals surface area contributed by atoms with Gasteiger partial charge in [-0.05, 0) is 31.6 Å². The van der Waals surface area contributed by atoms with Crippen molar-refractivity contribution in [3.05, 3.63) is 17.5 Å². The molecule has 0 aliphatic carbocycles. The third-order valence-corrected chi connectivity index (χ3v) is 4.33. The molecule has 19 heavy (non-hydrogen) atoms. The molecule has 1 fully saturated rings. The lowest BCUT2D eigenvalue weighted by molar-refractivity contribution is 0.0692. The van der Waals surface area contributed by atoms with E-state index in [2.05, 4.69) is 15.6 Å². The second-order valence-corrected chi connectivity index (χ2v) is 5.92. The van der Waals surface area contributed by atoms with Crippen molar-refractivity contribution in [3.8, 4) is 0 Å². The molecule has 4 N–H and O–H groups in total. The van der Waals surface area contributed by atoms with Gasteiger partial charge in [-0.15, -0.1) is 0 Å². The Hall–Kier alpha value is -1.63. The normalized spacial score (nSPS) is 18.3. The van der Waals surface area contributed by atoms with Crippen molar-refractivity contribution >= 4 is 29.4 Å². The summed E-state index contributed by atoms with van der Waals surface area (Å²) >= 11 is 1.86. The first-order valence-corrected chi connectivity index (χ1v) is 7.20. The highest BCUT2D eigenvalue weighted by Crippen LogP contribution is 2.25. The number of nitrogens with one attached hydrogen (secondary N) is 3. The standard InChI is InChI=1S/C12H17N3O3S/c1-7-5-9(10(14-7)11(16)17)15-12(18)13-6-8-3-2-4-19-8/h5,8,14H,2-4,6H2,1H3,(H,16,17)(H2,13,15,18). The van der Waals surface area contributed by atoms with Crippen LogP contribution in [0.3, 0.4) is 0 Å². The number of anilines is 1. The first-order chi connectivity index (χ1) is 9.06. The minimum absolute atomic E-state index is 0.00268. The van der Waals surface area contributed by atoms with E-state index in [1.165, 1.54) is 6.42 Å². The Kier molecular flexibility index (Phi) is 4.36. The largest absolute Gasteiger partial charge is 0.477 e. The molecule has 2 heterocycles. The van der Waals surface area contributed by atoms with Crippen LogP contribution in [0.4, 0.5) is 10.5 Å². The fourth-order valence-electron chi connectivity index (χ4n) is 2.03. The summed E-state index contributed by atoms with van der Waals surface area (Å²) in [4.78, 5) is 25.4. The SMILES string of the molecule is Cc1cc(NC(=O)NCC2CCCS2)c(C(=O)O)[nH]1. The zero-order valence-electron chi connectivity index (χ0n) is 10.7. The topological polar surface area (TPSA) is 94.2 Å². The van der Waals surface area contributed by atoms with Crippen LogP contribution in [-0.2, 0) is 0 Å². The van der Waals surface area contributed by atoms with Gasteiger partial charge in [0.05, 0.1) is 5.69 Å². The average Bonchev–Trinajstić information content (AvgIpc) is 2.96. The van der Waals surface area contributed by atoms with E-state index in [0.717, 1.165) is 12.2 Å². The quantitative estimate of drug-likeness (QED) is 0.680. The van der Waals surface area contributed by atoms with Gasteiger partial charge in [0.25, 0.3) is 0 Å². The fourth-order valence-corrected chi connectivity index (χ4v) is 3.24. The Morgan fingerprint density at radius 1 is 1.58 bits per heavy atom. The van der Waals surface area contributed by atoms with Gasteiger partial charge in [0.1, 0.15) is 5.69 Å². The lowest BCUT2D eigenvalue weighted by atomic mass is 10.2. The number of carbonyl (C=O) groups is 2. The predicted molar refractivity (Wildman–Crippen MR) is 75.0 cm³/mol. The van der Waals surface area contributed by atoms with Crippen LogP contribution in [0.15, 0.2) is 6.07 Å². The van der Waals surface area contributed by atoms with Gasteiger partial charge in [0, 0.05) is 17.5 Å². The summed E-state index contributed by atoms with van der Waals surface area (Å²) in [6.07, 6.45) is 2.31. The molecule has 6 nitrogen and oxygen atoms in total. The number of aryl methyl sites for hydroxylation is 1. The Morgan fingerprint density at radius 3 is 3.00 bits per heavy atom. The van der Waals surface area contributed by atoms with Crippen molar-refractivity contribution in [1.82, 2.24) is 10.3 Å². The summed E-state index contributed by atoms with van der Waals surface area (Å²) in [5, 5.41) is 14.8. The molecule has 1 unspecified atom stereocenters. The fraction of sp³-hybridized carbons (Fsp3) is 0.500. The zero-order valence-corrected chi connectivity index (χ0v) is 11.5. The molecule has 7 heteroatoms. The van der Waals surface area contributed by atoms with E-state index in [1.807, 2.05) is 11.8 Å². The highest BCUT2D eigenvalue weighted by atomic mass is 32.2. The number of amides is 2. The third kappa shape index (κ3) is 3.66. The zero-order chi connectivity index (χ0) is 13.8. The van der Waals surface area contributed by atoms with E-state index in [0.29, 0.717) is 23.2 Å². The van der Waals surface area contributed by atoms with Crippen molar-refractivity contribution in [2.45, 2.75) is 25.0 Å². The maximum Gasteiger partial charge on any atom is 0.354 e. The molecule has 1 aromatic rings. The lowest BCUT2D eigenvalue weighted by Gasteiger charge is -2.10.